The van der Waals surface area contributed by atoms with Crippen LogP contribution in [0.15, 0.2) is 42.5 Å². The van der Waals surface area contributed by atoms with Crippen molar-refractivity contribution in [3.63, 3.8) is 0 Å². The molecule has 1 atom stereocenters. The zero-order chi connectivity index (χ0) is 24.9. The number of rotatable bonds is 6. The van der Waals surface area contributed by atoms with Crippen LogP contribution in [-0.4, -0.2) is 79.4 Å². The van der Waals surface area contributed by atoms with E-state index in [1.807, 2.05) is 37.3 Å². The molecular weight excluding hydrogens is 489 g/mol. The molecule has 2 heterocycles. The van der Waals surface area contributed by atoms with E-state index in [1.165, 1.54) is 4.90 Å². The molecule has 2 fully saturated rings. The minimum absolute atomic E-state index is 0.119. The molecule has 2 aromatic carbocycles. The van der Waals surface area contributed by atoms with E-state index in [-0.39, 0.29) is 30.7 Å². The van der Waals surface area contributed by atoms with Gasteiger partial charge in [-0.25, -0.2) is 0 Å². The minimum atomic E-state index is -0.843. The molecular formula is C25H29Cl2N5O3. The largest absolute Gasteiger partial charge is 0.369 e. The van der Waals surface area contributed by atoms with Gasteiger partial charge in [-0.3, -0.25) is 19.3 Å². The van der Waals surface area contributed by atoms with Gasteiger partial charge in [0.25, 0.3) is 0 Å². The third-order valence-corrected chi connectivity index (χ3v) is 7.03. The second kappa shape index (κ2) is 11.3. The van der Waals surface area contributed by atoms with Crippen molar-refractivity contribution in [3.05, 3.63) is 58.1 Å². The van der Waals surface area contributed by atoms with E-state index in [0.717, 1.165) is 37.4 Å². The highest BCUT2D eigenvalue weighted by Crippen LogP contribution is 2.22. The lowest BCUT2D eigenvalue weighted by Gasteiger charge is -2.39. The van der Waals surface area contributed by atoms with Gasteiger partial charge in [-0.05, 0) is 42.8 Å². The smallest absolute Gasteiger partial charge is 0.243 e. The lowest BCUT2D eigenvalue weighted by atomic mass is 10.1. The van der Waals surface area contributed by atoms with E-state index in [4.69, 9.17) is 23.2 Å². The first-order valence-electron chi connectivity index (χ1n) is 11.7. The molecule has 10 heteroatoms. The summed E-state index contributed by atoms with van der Waals surface area (Å²) >= 11 is 12.3. The SMILES string of the molecule is Cc1ccc(NC(=O)CC2C(=O)NCCN2C(=O)CN2CCN(c3cccc(Cl)c3)CC2)cc1Cl. The Morgan fingerprint density at radius 1 is 1.06 bits per heavy atom. The van der Waals surface area contributed by atoms with Crippen LogP contribution >= 0.6 is 23.2 Å². The molecule has 0 radical (unpaired) electrons. The van der Waals surface area contributed by atoms with Crippen LogP contribution in [0.1, 0.15) is 12.0 Å². The van der Waals surface area contributed by atoms with Crippen LogP contribution < -0.4 is 15.5 Å². The van der Waals surface area contributed by atoms with Crippen molar-refractivity contribution in [2.24, 2.45) is 0 Å². The molecule has 0 aliphatic carbocycles. The maximum absolute atomic E-state index is 13.2. The summed E-state index contributed by atoms with van der Waals surface area (Å²) in [5, 5.41) is 6.79. The monoisotopic (exact) mass is 517 g/mol. The number of benzene rings is 2. The Morgan fingerprint density at radius 3 is 2.54 bits per heavy atom. The quantitative estimate of drug-likeness (QED) is 0.615. The van der Waals surface area contributed by atoms with Crippen molar-refractivity contribution in [1.29, 1.82) is 0 Å². The summed E-state index contributed by atoms with van der Waals surface area (Å²) in [5.74, 6) is -0.806. The van der Waals surface area contributed by atoms with Crippen molar-refractivity contribution in [1.82, 2.24) is 15.1 Å². The fourth-order valence-electron chi connectivity index (χ4n) is 4.39. The predicted molar refractivity (Wildman–Crippen MR) is 138 cm³/mol. The summed E-state index contributed by atoms with van der Waals surface area (Å²) in [6.07, 6.45) is -0.119. The maximum atomic E-state index is 13.2. The number of carbonyl (C=O) groups excluding carboxylic acids is 3. The number of nitrogens with zero attached hydrogens (tertiary/aromatic N) is 3. The number of nitrogens with one attached hydrogen (secondary N) is 2. The Hall–Kier alpha value is -2.81. The van der Waals surface area contributed by atoms with Crippen LogP contribution in [0.4, 0.5) is 11.4 Å². The fraction of sp³-hybridized carbons (Fsp3) is 0.400. The van der Waals surface area contributed by atoms with E-state index >= 15 is 0 Å². The van der Waals surface area contributed by atoms with Crippen molar-refractivity contribution in [2.75, 3.05) is 56.0 Å². The molecule has 35 heavy (non-hydrogen) atoms. The minimum Gasteiger partial charge on any atom is -0.369 e. The van der Waals surface area contributed by atoms with Gasteiger partial charge in [0.2, 0.25) is 17.7 Å². The highest BCUT2D eigenvalue weighted by atomic mass is 35.5. The first-order valence-corrected chi connectivity index (χ1v) is 12.4. The molecule has 2 saturated heterocycles. The number of halogens is 2. The topological polar surface area (TPSA) is 85.0 Å². The average molecular weight is 518 g/mol. The van der Waals surface area contributed by atoms with Gasteiger partial charge in [0.15, 0.2) is 0 Å². The second-order valence-corrected chi connectivity index (χ2v) is 9.70. The molecule has 4 rings (SSSR count). The number of hydrogen-bond donors (Lipinski definition) is 2. The van der Waals surface area contributed by atoms with E-state index in [2.05, 4.69) is 20.4 Å². The molecule has 186 valence electrons. The van der Waals surface area contributed by atoms with E-state index in [1.54, 1.807) is 12.1 Å². The Bertz CT molecular complexity index is 1100. The van der Waals surface area contributed by atoms with Gasteiger partial charge >= 0.3 is 0 Å². The predicted octanol–water partition coefficient (Wildman–Crippen LogP) is 2.78. The van der Waals surface area contributed by atoms with Gasteiger partial charge in [-0.2, -0.15) is 0 Å². The Morgan fingerprint density at radius 2 is 1.83 bits per heavy atom. The van der Waals surface area contributed by atoms with Crippen molar-refractivity contribution < 1.29 is 14.4 Å². The van der Waals surface area contributed by atoms with Gasteiger partial charge in [0.1, 0.15) is 6.04 Å². The fourth-order valence-corrected chi connectivity index (χ4v) is 4.76. The molecule has 0 aromatic heterocycles. The standard InChI is InChI=1S/C25H29Cl2N5O3/c1-17-5-6-19(14-21(17)27)29-23(33)15-22-25(35)28-7-8-32(22)24(34)16-30-9-11-31(12-10-30)20-4-2-3-18(26)13-20/h2-6,13-14,22H,7-12,15-16H2,1H3,(H,28,35)(H,29,33). The molecule has 2 aromatic rings. The normalized spacial score (nSPS) is 18.8. The van der Waals surface area contributed by atoms with E-state index in [0.29, 0.717) is 28.8 Å². The molecule has 2 aliphatic rings. The van der Waals surface area contributed by atoms with Gasteiger partial charge in [0, 0.05) is 60.7 Å². The Balaban J connectivity index is 1.33. The van der Waals surface area contributed by atoms with Crippen molar-refractivity contribution >= 4 is 52.3 Å². The maximum Gasteiger partial charge on any atom is 0.243 e. The summed E-state index contributed by atoms with van der Waals surface area (Å²) in [6.45, 7) is 5.83. The number of amides is 3. The van der Waals surface area contributed by atoms with Gasteiger partial charge in [-0.15, -0.1) is 0 Å². The van der Waals surface area contributed by atoms with Gasteiger partial charge < -0.3 is 20.4 Å². The molecule has 8 nitrogen and oxygen atoms in total. The molecule has 0 bridgehead atoms. The van der Waals surface area contributed by atoms with Crippen LogP contribution in [0.25, 0.3) is 0 Å². The highest BCUT2D eigenvalue weighted by molar-refractivity contribution is 6.31. The Labute approximate surface area is 215 Å². The first kappa shape index (κ1) is 25.3. The molecule has 2 aliphatic heterocycles. The van der Waals surface area contributed by atoms with E-state index in [9.17, 15) is 14.4 Å². The zero-order valence-corrected chi connectivity index (χ0v) is 21.1. The molecule has 2 N–H and O–H groups in total. The van der Waals surface area contributed by atoms with Crippen molar-refractivity contribution in [3.8, 4) is 0 Å². The first-order chi connectivity index (χ1) is 16.8. The van der Waals surface area contributed by atoms with Gasteiger partial charge in [0.05, 0.1) is 13.0 Å². The summed E-state index contributed by atoms with van der Waals surface area (Å²) < 4.78 is 0. The van der Waals surface area contributed by atoms with Gasteiger partial charge in [-0.1, -0.05) is 35.3 Å². The lowest BCUT2D eigenvalue weighted by Crippen LogP contribution is -2.60. The number of aryl methyl sites for hydroxylation is 1. The lowest BCUT2D eigenvalue weighted by molar-refractivity contribution is -0.145. The van der Waals surface area contributed by atoms with Crippen LogP contribution in [0, 0.1) is 6.92 Å². The highest BCUT2D eigenvalue weighted by Gasteiger charge is 2.35. The second-order valence-electron chi connectivity index (χ2n) is 8.85. The summed E-state index contributed by atoms with van der Waals surface area (Å²) in [4.78, 5) is 44.3. The number of anilines is 2. The average Bonchev–Trinajstić information content (AvgIpc) is 2.83. The molecule has 3 amide bonds. The molecule has 1 unspecified atom stereocenters. The zero-order valence-electron chi connectivity index (χ0n) is 19.6. The van der Waals surface area contributed by atoms with Crippen LogP contribution in [0.2, 0.25) is 10.0 Å². The summed E-state index contributed by atoms with van der Waals surface area (Å²) in [5.41, 5.74) is 2.52. The number of hydrogen-bond acceptors (Lipinski definition) is 5. The number of piperazine rings is 2. The molecule has 0 saturated carbocycles. The van der Waals surface area contributed by atoms with Crippen LogP contribution in [-0.2, 0) is 14.4 Å². The number of carbonyl (C=O) groups is 3. The third kappa shape index (κ3) is 6.45. The summed E-state index contributed by atoms with van der Waals surface area (Å²) in [6, 6.07) is 12.1. The third-order valence-electron chi connectivity index (χ3n) is 6.39. The van der Waals surface area contributed by atoms with Crippen LogP contribution in [0.3, 0.4) is 0 Å². The van der Waals surface area contributed by atoms with E-state index < -0.39 is 6.04 Å². The van der Waals surface area contributed by atoms with Crippen LogP contribution in [0.5, 0.6) is 0 Å². The summed E-state index contributed by atoms with van der Waals surface area (Å²) in [7, 11) is 0. The Kier molecular flexibility index (Phi) is 8.15. The molecule has 0 spiro atoms. The van der Waals surface area contributed by atoms with Crippen molar-refractivity contribution in [2.45, 2.75) is 19.4 Å².